The number of nitrogens with zero attached hydrogens (tertiary/aromatic N) is 4. The van der Waals surface area contributed by atoms with Crippen molar-refractivity contribution in [3.05, 3.63) is 24.1 Å². The van der Waals surface area contributed by atoms with Gasteiger partial charge in [0.25, 0.3) is 0 Å². The molecule has 0 atom stereocenters. The van der Waals surface area contributed by atoms with Gasteiger partial charge in [-0.25, -0.2) is 4.98 Å². The van der Waals surface area contributed by atoms with Crippen LogP contribution in [0.25, 0.3) is 0 Å². The van der Waals surface area contributed by atoms with Crippen LogP contribution in [-0.2, 0) is 4.74 Å². The van der Waals surface area contributed by atoms with Crippen molar-refractivity contribution in [2.45, 2.75) is 6.92 Å². The van der Waals surface area contributed by atoms with E-state index in [1.807, 2.05) is 13.0 Å². The second-order valence-electron chi connectivity index (χ2n) is 4.29. The molecule has 2 aromatic rings. The molecule has 3 heterocycles. The number of anilines is 3. The van der Waals surface area contributed by atoms with E-state index in [-0.39, 0.29) is 0 Å². The maximum atomic E-state index is 5.31. The molecule has 2 aromatic heterocycles. The smallest absolute Gasteiger partial charge is 0.227 e. The number of morpholine rings is 1. The Bertz CT molecular complexity index is 551. The summed E-state index contributed by atoms with van der Waals surface area (Å²) in [5, 5.41) is 6.96. The molecule has 7 nitrogen and oxygen atoms in total. The molecule has 100 valence electrons. The molecule has 1 aliphatic heterocycles. The van der Waals surface area contributed by atoms with Crippen molar-refractivity contribution >= 4 is 17.6 Å². The summed E-state index contributed by atoms with van der Waals surface area (Å²) in [5.74, 6) is 2.80. The second kappa shape index (κ2) is 5.23. The Kier molecular flexibility index (Phi) is 3.28. The van der Waals surface area contributed by atoms with Crippen LogP contribution in [0.2, 0.25) is 0 Å². The van der Waals surface area contributed by atoms with Crippen LogP contribution in [0, 0.1) is 6.92 Å². The molecule has 0 saturated carbocycles. The number of hydrogen-bond acceptors (Lipinski definition) is 7. The van der Waals surface area contributed by atoms with Gasteiger partial charge in [0.05, 0.1) is 13.2 Å². The molecule has 0 aromatic carbocycles. The van der Waals surface area contributed by atoms with E-state index in [1.54, 1.807) is 12.3 Å². The summed E-state index contributed by atoms with van der Waals surface area (Å²) in [6.07, 6.45) is 1.73. The van der Waals surface area contributed by atoms with E-state index in [1.165, 1.54) is 0 Å². The maximum Gasteiger partial charge on any atom is 0.227 e. The van der Waals surface area contributed by atoms with Gasteiger partial charge >= 0.3 is 0 Å². The second-order valence-corrected chi connectivity index (χ2v) is 4.29. The minimum atomic E-state index is 0.643. The first-order chi connectivity index (χ1) is 9.31. The van der Waals surface area contributed by atoms with Gasteiger partial charge in [-0.2, -0.15) is 4.98 Å². The predicted octanol–water partition coefficient (Wildman–Crippen LogP) is 1.35. The summed E-state index contributed by atoms with van der Waals surface area (Å²) in [5.41, 5.74) is 0. The number of hydrogen-bond donors (Lipinski definition) is 1. The lowest BCUT2D eigenvalue weighted by atomic mass is 10.4. The van der Waals surface area contributed by atoms with E-state index in [0.29, 0.717) is 30.8 Å². The first-order valence-corrected chi connectivity index (χ1v) is 6.17. The molecule has 1 saturated heterocycles. The number of aromatic nitrogens is 3. The van der Waals surface area contributed by atoms with Crippen molar-refractivity contribution in [1.82, 2.24) is 15.1 Å². The van der Waals surface area contributed by atoms with Gasteiger partial charge in [0.1, 0.15) is 11.6 Å². The summed E-state index contributed by atoms with van der Waals surface area (Å²) >= 11 is 0. The van der Waals surface area contributed by atoms with Gasteiger partial charge in [-0.15, -0.1) is 0 Å². The topological polar surface area (TPSA) is 76.3 Å². The Morgan fingerprint density at radius 2 is 2.11 bits per heavy atom. The van der Waals surface area contributed by atoms with Crippen LogP contribution in [0.15, 0.2) is 22.9 Å². The monoisotopic (exact) mass is 261 g/mol. The van der Waals surface area contributed by atoms with Gasteiger partial charge in [-0.05, 0) is 13.0 Å². The highest BCUT2D eigenvalue weighted by atomic mass is 16.5. The standard InChI is InChI=1S/C12H15N5O2/c1-9-8-11(16-19-9)14-10-2-3-13-12(15-10)17-4-6-18-7-5-17/h2-3,8H,4-7H2,1H3,(H,13,14,15,16). The fourth-order valence-corrected chi connectivity index (χ4v) is 1.89. The van der Waals surface area contributed by atoms with Gasteiger partial charge in [-0.1, -0.05) is 5.16 Å². The van der Waals surface area contributed by atoms with Gasteiger partial charge in [0.2, 0.25) is 5.95 Å². The summed E-state index contributed by atoms with van der Waals surface area (Å²) < 4.78 is 10.3. The van der Waals surface area contributed by atoms with Crippen LogP contribution in [-0.4, -0.2) is 41.4 Å². The minimum absolute atomic E-state index is 0.643. The van der Waals surface area contributed by atoms with Gasteiger partial charge in [0.15, 0.2) is 5.82 Å². The van der Waals surface area contributed by atoms with Crippen molar-refractivity contribution in [2.75, 3.05) is 36.5 Å². The molecular weight excluding hydrogens is 246 g/mol. The normalized spacial score (nSPS) is 15.5. The zero-order valence-electron chi connectivity index (χ0n) is 10.7. The average molecular weight is 261 g/mol. The van der Waals surface area contributed by atoms with Crippen molar-refractivity contribution < 1.29 is 9.26 Å². The molecule has 1 fully saturated rings. The zero-order valence-corrected chi connectivity index (χ0v) is 10.7. The average Bonchev–Trinajstić information content (AvgIpc) is 2.85. The number of aryl methyl sites for hydroxylation is 1. The SMILES string of the molecule is Cc1cc(Nc2ccnc(N3CCOCC3)n2)no1. The Hall–Kier alpha value is -2.15. The summed E-state index contributed by atoms with van der Waals surface area (Å²) in [6, 6.07) is 3.62. The molecular formula is C12H15N5O2. The molecule has 0 spiro atoms. The van der Waals surface area contributed by atoms with E-state index in [9.17, 15) is 0 Å². The molecule has 1 aliphatic rings. The molecule has 19 heavy (non-hydrogen) atoms. The van der Waals surface area contributed by atoms with Crippen molar-refractivity contribution in [3.8, 4) is 0 Å². The van der Waals surface area contributed by atoms with Crippen LogP contribution in [0.1, 0.15) is 5.76 Å². The largest absolute Gasteiger partial charge is 0.378 e. The minimum Gasteiger partial charge on any atom is -0.378 e. The first-order valence-electron chi connectivity index (χ1n) is 6.17. The van der Waals surface area contributed by atoms with Crippen molar-refractivity contribution in [1.29, 1.82) is 0 Å². The molecule has 0 aliphatic carbocycles. The third-order valence-electron chi connectivity index (χ3n) is 2.82. The molecule has 0 radical (unpaired) electrons. The highest BCUT2D eigenvalue weighted by molar-refractivity contribution is 5.52. The van der Waals surface area contributed by atoms with Gasteiger partial charge in [-0.3, -0.25) is 0 Å². The molecule has 3 rings (SSSR count). The van der Waals surface area contributed by atoms with Gasteiger partial charge in [0, 0.05) is 25.4 Å². The van der Waals surface area contributed by atoms with E-state index >= 15 is 0 Å². The van der Waals surface area contributed by atoms with Crippen LogP contribution in [0.3, 0.4) is 0 Å². The summed E-state index contributed by atoms with van der Waals surface area (Å²) in [6.45, 7) is 4.89. The Morgan fingerprint density at radius 3 is 2.84 bits per heavy atom. The van der Waals surface area contributed by atoms with E-state index in [4.69, 9.17) is 9.26 Å². The Labute approximate surface area is 110 Å². The lowest BCUT2D eigenvalue weighted by molar-refractivity contribution is 0.122. The number of rotatable bonds is 3. The summed E-state index contributed by atoms with van der Waals surface area (Å²) in [4.78, 5) is 10.9. The van der Waals surface area contributed by atoms with Crippen LogP contribution < -0.4 is 10.2 Å². The zero-order chi connectivity index (χ0) is 13.1. The maximum absolute atomic E-state index is 5.31. The van der Waals surface area contributed by atoms with E-state index in [0.717, 1.165) is 18.8 Å². The quantitative estimate of drug-likeness (QED) is 0.893. The van der Waals surface area contributed by atoms with Crippen LogP contribution in [0.4, 0.5) is 17.6 Å². The third kappa shape index (κ3) is 2.82. The molecule has 1 N–H and O–H groups in total. The number of nitrogens with one attached hydrogen (secondary N) is 1. The van der Waals surface area contributed by atoms with E-state index in [2.05, 4.69) is 25.3 Å². The lowest BCUT2D eigenvalue weighted by Gasteiger charge is -2.26. The predicted molar refractivity (Wildman–Crippen MR) is 69.6 cm³/mol. The lowest BCUT2D eigenvalue weighted by Crippen LogP contribution is -2.37. The van der Waals surface area contributed by atoms with Gasteiger partial charge < -0.3 is 19.5 Å². The Balaban J connectivity index is 1.75. The summed E-state index contributed by atoms with van der Waals surface area (Å²) in [7, 11) is 0. The van der Waals surface area contributed by atoms with E-state index < -0.39 is 0 Å². The molecule has 0 bridgehead atoms. The highest BCUT2D eigenvalue weighted by Gasteiger charge is 2.14. The van der Waals surface area contributed by atoms with Crippen LogP contribution >= 0.6 is 0 Å². The van der Waals surface area contributed by atoms with Crippen molar-refractivity contribution in [2.24, 2.45) is 0 Å². The van der Waals surface area contributed by atoms with Crippen molar-refractivity contribution in [3.63, 3.8) is 0 Å². The third-order valence-corrected chi connectivity index (χ3v) is 2.82. The fourth-order valence-electron chi connectivity index (χ4n) is 1.89. The molecule has 0 unspecified atom stereocenters. The Morgan fingerprint density at radius 1 is 1.26 bits per heavy atom. The molecule has 7 heteroatoms. The molecule has 0 amide bonds. The first kappa shape index (κ1) is 11.9. The fraction of sp³-hybridized carbons (Fsp3) is 0.417. The number of ether oxygens (including phenoxy) is 1. The van der Waals surface area contributed by atoms with Crippen LogP contribution in [0.5, 0.6) is 0 Å². The highest BCUT2D eigenvalue weighted by Crippen LogP contribution is 2.17.